The van der Waals surface area contributed by atoms with Gasteiger partial charge in [-0.1, -0.05) is 13.8 Å². The fourth-order valence-electron chi connectivity index (χ4n) is 3.90. The molecule has 0 saturated carbocycles. The van der Waals surface area contributed by atoms with Crippen molar-refractivity contribution in [2.75, 3.05) is 36.4 Å². The zero-order valence-electron chi connectivity index (χ0n) is 17.0. The van der Waals surface area contributed by atoms with Crippen LogP contribution in [0, 0.1) is 0 Å². The van der Waals surface area contributed by atoms with Gasteiger partial charge in [-0.3, -0.25) is 0 Å². The SMILES string of the molecule is CC(C)c1ccnc(Nc2cc(C3CCNCC3)nc(N3CCC(F)(F)C3)n2)c1. The zero-order chi connectivity index (χ0) is 20.4. The Bertz CT molecular complexity index is 851. The Morgan fingerprint density at radius 2 is 1.97 bits per heavy atom. The van der Waals surface area contributed by atoms with Crippen LogP contribution in [0.25, 0.3) is 0 Å². The predicted octanol–water partition coefficient (Wildman–Crippen LogP) is 4.05. The van der Waals surface area contributed by atoms with Crippen LogP contribution in [-0.2, 0) is 0 Å². The first-order valence-corrected chi connectivity index (χ1v) is 10.3. The highest BCUT2D eigenvalue weighted by Gasteiger charge is 2.39. The van der Waals surface area contributed by atoms with Gasteiger partial charge >= 0.3 is 0 Å². The van der Waals surface area contributed by atoms with Crippen molar-refractivity contribution in [3.63, 3.8) is 0 Å². The van der Waals surface area contributed by atoms with E-state index >= 15 is 0 Å². The van der Waals surface area contributed by atoms with Gasteiger partial charge in [0.1, 0.15) is 11.6 Å². The molecule has 0 bridgehead atoms. The Labute approximate surface area is 170 Å². The highest BCUT2D eigenvalue weighted by Crippen LogP contribution is 2.32. The topological polar surface area (TPSA) is 66.0 Å². The van der Waals surface area contributed by atoms with Gasteiger partial charge in [0.05, 0.1) is 12.2 Å². The molecule has 4 heterocycles. The van der Waals surface area contributed by atoms with Crippen LogP contribution in [0.15, 0.2) is 24.4 Å². The largest absolute Gasteiger partial charge is 0.334 e. The predicted molar refractivity (Wildman–Crippen MR) is 110 cm³/mol. The van der Waals surface area contributed by atoms with E-state index < -0.39 is 5.92 Å². The highest BCUT2D eigenvalue weighted by atomic mass is 19.3. The summed E-state index contributed by atoms with van der Waals surface area (Å²) in [5.74, 6) is -0.320. The Hall–Kier alpha value is -2.35. The third kappa shape index (κ3) is 4.80. The molecule has 0 unspecified atom stereocenters. The maximum atomic E-state index is 13.8. The highest BCUT2D eigenvalue weighted by molar-refractivity contribution is 5.55. The smallest absolute Gasteiger partial charge is 0.267 e. The number of pyridine rings is 1. The third-order valence-electron chi connectivity index (χ3n) is 5.65. The Kier molecular flexibility index (Phi) is 5.63. The lowest BCUT2D eigenvalue weighted by molar-refractivity contribution is 0.0256. The number of rotatable bonds is 5. The molecule has 2 aliphatic heterocycles. The van der Waals surface area contributed by atoms with Gasteiger partial charge in [-0.2, -0.15) is 4.98 Å². The molecule has 8 heteroatoms. The van der Waals surface area contributed by atoms with Crippen molar-refractivity contribution in [3.05, 3.63) is 35.7 Å². The second-order valence-electron chi connectivity index (χ2n) is 8.28. The molecule has 4 rings (SSSR count). The minimum atomic E-state index is -2.69. The Balaban J connectivity index is 1.65. The van der Waals surface area contributed by atoms with E-state index in [1.807, 2.05) is 18.2 Å². The van der Waals surface area contributed by atoms with Crippen LogP contribution in [0.5, 0.6) is 0 Å². The van der Waals surface area contributed by atoms with Gasteiger partial charge < -0.3 is 15.5 Å². The normalized spacial score (nSPS) is 19.7. The van der Waals surface area contributed by atoms with Crippen LogP contribution in [0.3, 0.4) is 0 Å². The average molecular weight is 402 g/mol. The fraction of sp³-hybridized carbons (Fsp3) is 0.571. The summed E-state index contributed by atoms with van der Waals surface area (Å²) in [5, 5.41) is 6.63. The maximum Gasteiger partial charge on any atom is 0.267 e. The lowest BCUT2D eigenvalue weighted by atomic mass is 9.94. The summed E-state index contributed by atoms with van der Waals surface area (Å²) in [4.78, 5) is 15.2. The third-order valence-corrected chi connectivity index (χ3v) is 5.65. The van der Waals surface area contributed by atoms with Crippen LogP contribution < -0.4 is 15.5 Å². The molecular formula is C21H28F2N6. The fourth-order valence-corrected chi connectivity index (χ4v) is 3.90. The maximum absolute atomic E-state index is 13.8. The molecule has 2 N–H and O–H groups in total. The van der Waals surface area contributed by atoms with E-state index in [1.165, 1.54) is 5.56 Å². The molecule has 0 radical (unpaired) electrons. The van der Waals surface area contributed by atoms with E-state index in [0.717, 1.165) is 31.6 Å². The number of piperidine rings is 1. The van der Waals surface area contributed by atoms with E-state index in [1.54, 1.807) is 11.1 Å². The van der Waals surface area contributed by atoms with Crippen LogP contribution >= 0.6 is 0 Å². The molecular weight excluding hydrogens is 374 g/mol. The summed E-state index contributed by atoms with van der Waals surface area (Å²) >= 11 is 0. The van der Waals surface area contributed by atoms with E-state index in [4.69, 9.17) is 0 Å². The van der Waals surface area contributed by atoms with Crippen LogP contribution in [0.4, 0.5) is 26.4 Å². The van der Waals surface area contributed by atoms with E-state index in [-0.39, 0.29) is 19.5 Å². The first kappa shape index (κ1) is 19.9. The quantitative estimate of drug-likeness (QED) is 0.787. The average Bonchev–Trinajstić information content (AvgIpc) is 3.08. The number of hydrogen-bond acceptors (Lipinski definition) is 6. The van der Waals surface area contributed by atoms with Crippen molar-refractivity contribution in [2.45, 2.75) is 50.9 Å². The summed E-state index contributed by atoms with van der Waals surface area (Å²) in [7, 11) is 0. The minimum absolute atomic E-state index is 0.158. The second-order valence-corrected chi connectivity index (χ2v) is 8.28. The van der Waals surface area contributed by atoms with Crippen molar-refractivity contribution >= 4 is 17.6 Å². The first-order valence-electron chi connectivity index (χ1n) is 10.3. The van der Waals surface area contributed by atoms with Crippen molar-refractivity contribution in [3.8, 4) is 0 Å². The van der Waals surface area contributed by atoms with Crippen LogP contribution in [-0.4, -0.2) is 47.1 Å². The summed E-state index contributed by atoms with van der Waals surface area (Å²) in [6.07, 6.45) is 3.57. The monoisotopic (exact) mass is 402 g/mol. The van der Waals surface area contributed by atoms with E-state index in [0.29, 0.717) is 29.4 Å². The molecule has 0 atom stereocenters. The lowest BCUT2D eigenvalue weighted by Crippen LogP contribution is -2.29. The van der Waals surface area contributed by atoms with Gasteiger partial charge in [0.2, 0.25) is 5.95 Å². The number of anilines is 3. The molecule has 0 amide bonds. The number of halogens is 2. The molecule has 156 valence electrons. The summed E-state index contributed by atoms with van der Waals surface area (Å²) < 4.78 is 27.5. The van der Waals surface area contributed by atoms with Crippen molar-refractivity contribution < 1.29 is 8.78 Å². The molecule has 2 fully saturated rings. The van der Waals surface area contributed by atoms with Gasteiger partial charge in [-0.25, -0.2) is 18.7 Å². The summed E-state index contributed by atoms with van der Waals surface area (Å²) in [5.41, 5.74) is 2.09. The molecule has 6 nitrogen and oxygen atoms in total. The minimum Gasteiger partial charge on any atom is -0.334 e. The standard InChI is InChI=1S/C21H28F2N6/c1-14(2)16-5-9-25-18(11-16)27-19-12-17(15-3-7-24-8-4-15)26-20(28-19)29-10-6-21(22,23)13-29/h5,9,11-12,14-15,24H,3-4,6-8,10,13H2,1-2H3,(H,25,26,27,28). The van der Waals surface area contributed by atoms with Crippen molar-refractivity contribution in [2.24, 2.45) is 0 Å². The van der Waals surface area contributed by atoms with Gasteiger partial charge in [-0.05, 0) is 49.5 Å². The first-order chi connectivity index (χ1) is 13.9. The summed E-state index contributed by atoms with van der Waals surface area (Å²) in [6, 6.07) is 5.94. The van der Waals surface area contributed by atoms with Crippen LogP contribution in [0.1, 0.15) is 56.2 Å². The van der Waals surface area contributed by atoms with E-state index in [9.17, 15) is 8.78 Å². The van der Waals surface area contributed by atoms with Crippen molar-refractivity contribution in [1.82, 2.24) is 20.3 Å². The molecule has 2 saturated heterocycles. The zero-order valence-corrected chi connectivity index (χ0v) is 17.0. The van der Waals surface area contributed by atoms with Gasteiger partial charge in [0, 0.05) is 31.1 Å². The number of nitrogens with one attached hydrogen (secondary N) is 2. The molecule has 2 aromatic heterocycles. The van der Waals surface area contributed by atoms with E-state index in [2.05, 4.69) is 39.4 Å². The second kappa shape index (κ2) is 8.18. The van der Waals surface area contributed by atoms with Gasteiger partial charge in [-0.15, -0.1) is 0 Å². The molecule has 0 aromatic carbocycles. The Morgan fingerprint density at radius 3 is 2.66 bits per heavy atom. The number of nitrogens with zero attached hydrogens (tertiary/aromatic N) is 4. The molecule has 2 aliphatic rings. The molecule has 2 aromatic rings. The number of alkyl halides is 2. The molecule has 29 heavy (non-hydrogen) atoms. The summed E-state index contributed by atoms with van der Waals surface area (Å²) in [6.45, 7) is 6.07. The lowest BCUT2D eigenvalue weighted by Gasteiger charge is -2.24. The van der Waals surface area contributed by atoms with Gasteiger partial charge in [0.15, 0.2) is 0 Å². The molecule has 0 spiro atoms. The van der Waals surface area contributed by atoms with Crippen molar-refractivity contribution in [1.29, 1.82) is 0 Å². The Morgan fingerprint density at radius 1 is 1.17 bits per heavy atom. The molecule has 0 aliphatic carbocycles. The van der Waals surface area contributed by atoms with Gasteiger partial charge in [0.25, 0.3) is 5.92 Å². The number of aromatic nitrogens is 3. The van der Waals surface area contributed by atoms with Crippen LogP contribution in [0.2, 0.25) is 0 Å². The number of hydrogen-bond donors (Lipinski definition) is 2.